The third kappa shape index (κ3) is 2.46. The summed E-state index contributed by atoms with van der Waals surface area (Å²) in [5, 5.41) is 9.00. The minimum absolute atomic E-state index is 0.141. The standard InChI is InChI=1S/C11H20N2O3/c1-4-8(2)12(3)11(16)13-7-5-6-9(13)10(14)15/h8-9H,4-7H2,1-3H3,(H,14,15). The molecule has 16 heavy (non-hydrogen) atoms. The van der Waals surface area contributed by atoms with E-state index in [-0.39, 0.29) is 12.1 Å². The van der Waals surface area contributed by atoms with Gasteiger partial charge in [-0.25, -0.2) is 9.59 Å². The molecule has 92 valence electrons. The SMILES string of the molecule is CCC(C)N(C)C(=O)N1CCCC1C(=O)O. The summed E-state index contributed by atoms with van der Waals surface area (Å²) < 4.78 is 0. The van der Waals surface area contributed by atoms with Crippen molar-refractivity contribution in [2.24, 2.45) is 0 Å². The number of hydrogen-bond acceptors (Lipinski definition) is 2. The first kappa shape index (κ1) is 12.8. The molecular weight excluding hydrogens is 208 g/mol. The number of carboxylic acid groups (broad SMARTS) is 1. The smallest absolute Gasteiger partial charge is 0.326 e. The van der Waals surface area contributed by atoms with Crippen LogP contribution in [0.15, 0.2) is 0 Å². The van der Waals surface area contributed by atoms with Crippen molar-refractivity contribution in [1.82, 2.24) is 9.80 Å². The van der Waals surface area contributed by atoms with E-state index in [2.05, 4.69) is 0 Å². The highest BCUT2D eigenvalue weighted by Gasteiger charge is 2.35. The van der Waals surface area contributed by atoms with Crippen molar-refractivity contribution in [3.8, 4) is 0 Å². The lowest BCUT2D eigenvalue weighted by molar-refractivity contribution is -0.141. The highest BCUT2D eigenvalue weighted by molar-refractivity contribution is 5.83. The van der Waals surface area contributed by atoms with E-state index in [4.69, 9.17) is 5.11 Å². The molecule has 0 bridgehead atoms. The lowest BCUT2D eigenvalue weighted by Gasteiger charge is -2.31. The molecular formula is C11H20N2O3. The zero-order chi connectivity index (χ0) is 12.3. The Bertz CT molecular complexity index is 280. The van der Waals surface area contributed by atoms with Gasteiger partial charge in [-0.1, -0.05) is 6.92 Å². The lowest BCUT2D eigenvalue weighted by atomic mass is 10.2. The van der Waals surface area contributed by atoms with Crippen LogP contribution >= 0.6 is 0 Å². The van der Waals surface area contributed by atoms with Gasteiger partial charge in [0, 0.05) is 19.6 Å². The third-order valence-electron chi connectivity index (χ3n) is 3.34. The van der Waals surface area contributed by atoms with Gasteiger partial charge in [-0.2, -0.15) is 0 Å². The van der Waals surface area contributed by atoms with Crippen LogP contribution in [0.1, 0.15) is 33.1 Å². The van der Waals surface area contributed by atoms with Gasteiger partial charge < -0.3 is 14.9 Å². The molecule has 1 N–H and O–H groups in total. The zero-order valence-electron chi connectivity index (χ0n) is 10.1. The number of amides is 2. The van der Waals surface area contributed by atoms with Crippen molar-refractivity contribution in [2.75, 3.05) is 13.6 Å². The Morgan fingerprint density at radius 1 is 1.56 bits per heavy atom. The molecule has 0 aromatic rings. The first-order valence-corrected chi connectivity index (χ1v) is 5.75. The second kappa shape index (κ2) is 5.18. The lowest BCUT2D eigenvalue weighted by Crippen LogP contribution is -2.49. The second-order valence-electron chi connectivity index (χ2n) is 4.34. The maximum atomic E-state index is 12.0. The summed E-state index contributed by atoms with van der Waals surface area (Å²) in [6.45, 7) is 4.52. The van der Waals surface area contributed by atoms with Crippen molar-refractivity contribution >= 4 is 12.0 Å². The van der Waals surface area contributed by atoms with Crippen LogP contribution in [0.5, 0.6) is 0 Å². The van der Waals surface area contributed by atoms with Gasteiger partial charge in [-0.15, -0.1) is 0 Å². The number of urea groups is 1. The first-order chi connectivity index (χ1) is 7.49. The summed E-state index contributed by atoms with van der Waals surface area (Å²) in [7, 11) is 1.73. The molecule has 1 heterocycles. The van der Waals surface area contributed by atoms with Crippen molar-refractivity contribution in [2.45, 2.75) is 45.2 Å². The van der Waals surface area contributed by atoms with E-state index >= 15 is 0 Å². The van der Waals surface area contributed by atoms with Gasteiger partial charge in [0.15, 0.2) is 0 Å². The summed E-state index contributed by atoms with van der Waals surface area (Å²) in [6.07, 6.45) is 2.21. The molecule has 1 aliphatic rings. The van der Waals surface area contributed by atoms with Gasteiger partial charge >= 0.3 is 12.0 Å². The van der Waals surface area contributed by atoms with Gasteiger partial charge in [0.1, 0.15) is 6.04 Å². The molecule has 0 saturated carbocycles. The Morgan fingerprint density at radius 3 is 2.69 bits per heavy atom. The van der Waals surface area contributed by atoms with Gasteiger partial charge in [0.2, 0.25) is 0 Å². The summed E-state index contributed by atoms with van der Waals surface area (Å²) in [4.78, 5) is 26.1. The van der Waals surface area contributed by atoms with Crippen molar-refractivity contribution in [3.63, 3.8) is 0 Å². The van der Waals surface area contributed by atoms with Crippen LogP contribution in [0, 0.1) is 0 Å². The Kier molecular flexibility index (Phi) is 4.15. The van der Waals surface area contributed by atoms with E-state index < -0.39 is 12.0 Å². The van der Waals surface area contributed by atoms with E-state index in [9.17, 15) is 9.59 Å². The molecule has 0 aliphatic carbocycles. The van der Waals surface area contributed by atoms with Gasteiger partial charge in [0.05, 0.1) is 0 Å². The molecule has 2 amide bonds. The summed E-state index contributed by atoms with van der Waals surface area (Å²) in [6, 6.07) is -0.666. The summed E-state index contributed by atoms with van der Waals surface area (Å²) in [5.41, 5.74) is 0. The van der Waals surface area contributed by atoms with Gasteiger partial charge in [-0.05, 0) is 26.2 Å². The molecule has 0 aromatic heterocycles. The number of carbonyl (C=O) groups excluding carboxylic acids is 1. The highest BCUT2D eigenvalue weighted by atomic mass is 16.4. The minimum atomic E-state index is -0.900. The Balaban J connectivity index is 2.69. The van der Waals surface area contributed by atoms with Crippen LogP contribution in [-0.4, -0.2) is 52.6 Å². The highest BCUT2D eigenvalue weighted by Crippen LogP contribution is 2.19. The fraction of sp³-hybridized carbons (Fsp3) is 0.818. The number of rotatable bonds is 3. The minimum Gasteiger partial charge on any atom is -0.480 e. The van der Waals surface area contributed by atoms with Gasteiger partial charge in [0.25, 0.3) is 0 Å². The van der Waals surface area contributed by atoms with Gasteiger partial charge in [-0.3, -0.25) is 0 Å². The number of likely N-dealkylation sites (tertiary alicyclic amines) is 1. The molecule has 2 atom stereocenters. The fourth-order valence-corrected chi connectivity index (χ4v) is 1.92. The topological polar surface area (TPSA) is 60.9 Å². The molecule has 1 fully saturated rings. The molecule has 5 nitrogen and oxygen atoms in total. The Hall–Kier alpha value is -1.26. The maximum absolute atomic E-state index is 12.0. The first-order valence-electron chi connectivity index (χ1n) is 5.75. The predicted molar refractivity (Wildman–Crippen MR) is 60.3 cm³/mol. The Labute approximate surface area is 96.0 Å². The molecule has 2 unspecified atom stereocenters. The molecule has 5 heteroatoms. The molecule has 1 aliphatic heterocycles. The van der Waals surface area contributed by atoms with E-state index in [1.807, 2.05) is 13.8 Å². The normalized spacial score (nSPS) is 21.9. The van der Waals surface area contributed by atoms with Crippen molar-refractivity contribution in [1.29, 1.82) is 0 Å². The van der Waals surface area contributed by atoms with Crippen LogP contribution < -0.4 is 0 Å². The molecule has 0 spiro atoms. The summed E-state index contributed by atoms with van der Waals surface area (Å²) in [5.74, 6) is -0.900. The van der Waals surface area contributed by atoms with Crippen LogP contribution in [-0.2, 0) is 4.79 Å². The van der Waals surface area contributed by atoms with Crippen LogP contribution in [0.2, 0.25) is 0 Å². The average molecular weight is 228 g/mol. The predicted octanol–water partition coefficient (Wildman–Crippen LogP) is 1.39. The second-order valence-corrected chi connectivity index (χ2v) is 4.34. The van der Waals surface area contributed by atoms with Crippen LogP contribution in [0.4, 0.5) is 4.79 Å². The number of carbonyl (C=O) groups is 2. The maximum Gasteiger partial charge on any atom is 0.326 e. The number of aliphatic carboxylic acids is 1. The van der Waals surface area contributed by atoms with Crippen LogP contribution in [0.3, 0.4) is 0 Å². The van der Waals surface area contributed by atoms with E-state index in [0.717, 1.165) is 12.8 Å². The largest absolute Gasteiger partial charge is 0.480 e. The Morgan fingerprint density at radius 2 is 2.19 bits per heavy atom. The molecule has 1 saturated heterocycles. The number of nitrogens with zero attached hydrogens (tertiary/aromatic N) is 2. The number of carboxylic acids is 1. The van der Waals surface area contributed by atoms with Crippen molar-refractivity contribution < 1.29 is 14.7 Å². The number of hydrogen-bond donors (Lipinski definition) is 1. The van der Waals surface area contributed by atoms with E-state index in [0.29, 0.717) is 13.0 Å². The van der Waals surface area contributed by atoms with E-state index in [1.54, 1.807) is 11.9 Å². The molecule has 0 radical (unpaired) electrons. The molecule has 1 rings (SSSR count). The van der Waals surface area contributed by atoms with Crippen molar-refractivity contribution in [3.05, 3.63) is 0 Å². The quantitative estimate of drug-likeness (QED) is 0.794. The fourth-order valence-electron chi connectivity index (χ4n) is 1.92. The average Bonchev–Trinajstić information content (AvgIpc) is 2.74. The van der Waals surface area contributed by atoms with E-state index in [1.165, 1.54) is 4.90 Å². The third-order valence-corrected chi connectivity index (χ3v) is 3.34. The molecule has 0 aromatic carbocycles. The van der Waals surface area contributed by atoms with Crippen LogP contribution in [0.25, 0.3) is 0 Å². The monoisotopic (exact) mass is 228 g/mol. The summed E-state index contributed by atoms with van der Waals surface area (Å²) >= 11 is 0. The zero-order valence-corrected chi connectivity index (χ0v) is 10.1.